The zero-order valence-electron chi connectivity index (χ0n) is 17.0. The highest BCUT2D eigenvalue weighted by molar-refractivity contribution is 6.74. The van der Waals surface area contributed by atoms with Gasteiger partial charge in [-0.1, -0.05) is 11.1 Å². The molecule has 1 amide bonds. The molecule has 0 unspecified atom stereocenters. The van der Waals surface area contributed by atoms with Gasteiger partial charge >= 0.3 is 19.0 Å². The molecule has 1 aromatic rings. The third kappa shape index (κ3) is 5.17. The number of hydrogen-bond donors (Lipinski definition) is 0. The van der Waals surface area contributed by atoms with Gasteiger partial charge in [0.2, 0.25) is 0 Å². The Morgan fingerprint density at radius 2 is 1.56 bits per heavy atom. The summed E-state index contributed by atoms with van der Waals surface area (Å²) in [4.78, 5) is 25.2. The number of nitrogens with zero attached hydrogens (tertiary/aromatic N) is 1. The van der Waals surface area contributed by atoms with Crippen molar-refractivity contribution in [3.8, 4) is 0 Å². The summed E-state index contributed by atoms with van der Waals surface area (Å²) in [5, 5.41) is 0. The highest BCUT2D eigenvalue weighted by Crippen LogP contribution is 2.32. The molecule has 0 aliphatic carbocycles. The van der Waals surface area contributed by atoms with Crippen LogP contribution in [0.5, 0.6) is 0 Å². The van der Waals surface area contributed by atoms with Crippen molar-refractivity contribution in [3.63, 3.8) is 0 Å². The zero-order chi connectivity index (χ0) is 21.3. The summed E-state index contributed by atoms with van der Waals surface area (Å²) in [6.45, 7) is 3.89. The van der Waals surface area contributed by atoms with E-state index >= 15 is 0 Å². The molecule has 0 aliphatic rings. The molecule has 0 aliphatic heterocycles. The van der Waals surface area contributed by atoms with Gasteiger partial charge in [0.1, 0.15) is 5.60 Å². The number of anilines is 1. The van der Waals surface area contributed by atoms with E-state index in [0.717, 1.165) is 4.90 Å². The van der Waals surface area contributed by atoms with E-state index in [1.54, 1.807) is 27.7 Å². The molecule has 0 N–H and O–H groups in total. The number of halogens is 3. The fraction of sp³-hybridized carbons (Fsp3) is 0.556. The summed E-state index contributed by atoms with van der Waals surface area (Å²) in [5.74, 6) is -0.656. The van der Waals surface area contributed by atoms with Crippen LogP contribution in [0.4, 0.5) is 23.4 Å². The predicted octanol–water partition coefficient (Wildman–Crippen LogP) is 3.75. The van der Waals surface area contributed by atoms with Crippen LogP contribution in [-0.2, 0) is 20.7 Å². The van der Waals surface area contributed by atoms with Crippen LogP contribution in [0.1, 0.15) is 43.0 Å². The van der Waals surface area contributed by atoms with Crippen LogP contribution in [-0.4, -0.2) is 38.8 Å². The highest BCUT2D eigenvalue weighted by atomic mass is 19.4. The maximum absolute atomic E-state index is 13.8. The van der Waals surface area contributed by atoms with Crippen LogP contribution in [0.15, 0.2) is 0 Å². The van der Waals surface area contributed by atoms with Gasteiger partial charge in [0, 0.05) is 12.7 Å². The Morgan fingerprint density at radius 3 is 1.96 bits per heavy atom. The van der Waals surface area contributed by atoms with Gasteiger partial charge in [-0.15, -0.1) is 5.46 Å². The van der Waals surface area contributed by atoms with Crippen LogP contribution in [0.2, 0.25) is 0 Å². The van der Waals surface area contributed by atoms with Gasteiger partial charge in [-0.2, -0.15) is 0 Å². The second kappa shape index (κ2) is 7.82. The Bertz CT molecular complexity index is 755. The van der Waals surface area contributed by atoms with Gasteiger partial charge in [-0.05, 0) is 52.7 Å². The Kier molecular flexibility index (Phi) is 6.62. The largest absolute Gasteiger partial charge is 0.510 e. The van der Waals surface area contributed by atoms with Crippen LogP contribution in [0.25, 0.3) is 0 Å². The molecule has 0 saturated heterocycles. The summed E-state index contributed by atoms with van der Waals surface area (Å²) >= 11 is 0. The highest BCUT2D eigenvalue weighted by Gasteiger charge is 2.34. The minimum Gasteiger partial charge on any atom is -0.469 e. The molecular weight excluding hydrogens is 362 g/mol. The molecule has 0 bridgehead atoms. The number of carbonyl (C=O) groups excluding carboxylic acids is 2. The average Bonchev–Trinajstić information content (AvgIpc) is 2.47. The standard InChI is InChI=1S/C18H26BF3NO4/c1-10-13(9-14(24)26-8)11(2)16(12(3)15(10)19(20,21)22)23(7)17(25)27-18(4,5)6/h9H2,1-8H3/q-1. The van der Waals surface area contributed by atoms with Crippen molar-refractivity contribution in [1.82, 2.24) is 0 Å². The van der Waals surface area contributed by atoms with E-state index in [2.05, 4.69) is 4.74 Å². The van der Waals surface area contributed by atoms with Gasteiger partial charge in [0.25, 0.3) is 0 Å². The van der Waals surface area contributed by atoms with Crippen molar-refractivity contribution < 1.29 is 32.0 Å². The third-order valence-electron chi connectivity index (χ3n) is 4.30. The van der Waals surface area contributed by atoms with Crippen LogP contribution in [0.3, 0.4) is 0 Å². The van der Waals surface area contributed by atoms with Crippen molar-refractivity contribution >= 4 is 30.2 Å². The predicted molar refractivity (Wildman–Crippen MR) is 99.7 cm³/mol. The molecule has 1 aromatic carbocycles. The normalized spacial score (nSPS) is 12.0. The smallest absolute Gasteiger partial charge is 0.469 e. The lowest BCUT2D eigenvalue weighted by Crippen LogP contribution is -2.42. The number of benzene rings is 1. The fourth-order valence-electron chi connectivity index (χ4n) is 3.17. The van der Waals surface area contributed by atoms with E-state index < -0.39 is 30.1 Å². The van der Waals surface area contributed by atoms with E-state index in [0.29, 0.717) is 5.56 Å². The van der Waals surface area contributed by atoms with Crippen LogP contribution in [0, 0.1) is 20.8 Å². The number of ether oxygens (including phenoxy) is 2. The Morgan fingerprint density at radius 1 is 1.04 bits per heavy atom. The molecule has 9 heteroatoms. The van der Waals surface area contributed by atoms with Crippen molar-refractivity contribution in [2.24, 2.45) is 0 Å². The third-order valence-corrected chi connectivity index (χ3v) is 4.30. The van der Waals surface area contributed by atoms with E-state index in [1.807, 2.05) is 0 Å². The minimum atomic E-state index is -5.36. The minimum absolute atomic E-state index is 0.0239. The van der Waals surface area contributed by atoms with E-state index in [9.17, 15) is 22.5 Å². The first-order valence-corrected chi connectivity index (χ1v) is 8.47. The topological polar surface area (TPSA) is 55.8 Å². The molecule has 0 fully saturated rings. The molecule has 152 valence electrons. The summed E-state index contributed by atoms with van der Waals surface area (Å²) in [5.41, 5.74) is -1.00. The van der Waals surface area contributed by atoms with Crippen LogP contribution < -0.4 is 10.4 Å². The zero-order valence-corrected chi connectivity index (χ0v) is 17.0. The van der Waals surface area contributed by atoms with Crippen molar-refractivity contribution in [2.75, 3.05) is 19.1 Å². The Balaban J connectivity index is 3.70. The number of esters is 1. The number of rotatable bonds is 4. The molecule has 27 heavy (non-hydrogen) atoms. The van der Waals surface area contributed by atoms with Crippen molar-refractivity contribution in [2.45, 2.75) is 53.6 Å². The van der Waals surface area contributed by atoms with Crippen molar-refractivity contribution in [3.05, 3.63) is 22.3 Å². The molecule has 0 heterocycles. The van der Waals surface area contributed by atoms with E-state index in [-0.39, 0.29) is 28.8 Å². The Hall–Kier alpha value is -2.19. The second-order valence-corrected chi connectivity index (χ2v) is 7.48. The number of amides is 1. The SMILES string of the molecule is COC(=O)Cc1c(C)c(N(C)C(=O)OC(C)(C)C)c(C)c([B-](F)(F)F)c1C. The summed E-state index contributed by atoms with van der Waals surface area (Å²) in [7, 11) is 2.53. The first-order valence-electron chi connectivity index (χ1n) is 8.47. The maximum atomic E-state index is 13.8. The number of carbonyl (C=O) groups is 2. The van der Waals surface area contributed by atoms with Gasteiger partial charge in [0.15, 0.2) is 0 Å². The lowest BCUT2D eigenvalue weighted by Gasteiger charge is -2.32. The summed E-state index contributed by atoms with van der Waals surface area (Å²) in [6, 6.07) is 0. The van der Waals surface area contributed by atoms with E-state index in [4.69, 9.17) is 4.74 Å². The molecule has 0 aromatic heterocycles. The second-order valence-electron chi connectivity index (χ2n) is 7.48. The molecule has 5 nitrogen and oxygen atoms in total. The maximum Gasteiger partial charge on any atom is 0.510 e. The summed E-state index contributed by atoms with van der Waals surface area (Å²) in [6.07, 6.45) is -1.09. The lowest BCUT2D eigenvalue weighted by atomic mass is 9.71. The molecular formula is C18H26BF3NO4-. The first-order chi connectivity index (χ1) is 12.1. The Labute approximate surface area is 157 Å². The molecule has 1 rings (SSSR count). The quantitative estimate of drug-likeness (QED) is 0.582. The molecule has 0 saturated carbocycles. The molecule has 0 radical (unpaired) electrons. The monoisotopic (exact) mass is 388 g/mol. The van der Waals surface area contributed by atoms with Gasteiger partial charge in [-0.3, -0.25) is 9.69 Å². The van der Waals surface area contributed by atoms with E-state index in [1.165, 1.54) is 28.0 Å². The summed E-state index contributed by atoms with van der Waals surface area (Å²) < 4.78 is 51.2. The average molecular weight is 388 g/mol. The van der Waals surface area contributed by atoms with Gasteiger partial charge in [-0.25, -0.2) is 4.79 Å². The van der Waals surface area contributed by atoms with Crippen molar-refractivity contribution in [1.29, 1.82) is 0 Å². The molecule has 0 spiro atoms. The fourth-order valence-corrected chi connectivity index (χ4v) is 3.17. The van der Waals surface area contributed by atoms with Gasteiger partial charge < -0.3 is 22.4 Å². The number of methoxy groups -OCH3 is 1. The lowest BCUT2D eigenvalue weighted by molar-refractivity contribution is -0.139. The number of hydrogen-bond acceptors (Lipinski definition) is 4. The van der Waals surface area contributed by atoms with Gasteiger partial charge in [0.05, 0.1) is 13.5 Å². The van der Waals surface area contributed by atoms with Crippen LogP contribution >= 0.6 is 0 Å². The molecule has 0 atom stereocenters. The first kappa shape index (κ1) is 22.9.